The average Bonchev–Trinajstić information content (AvgIpc) is 1.59. The van der Waals surface area contributed by atoms with Gasteiger partial charge in [-0.05, 0) is 17.1 Å². The van der Waals surface area contributed by atoms with Crippen LogP contribution in [0, 0.1) is 5.92 Å². The maximum atomic E-state index is 10.1. The molecule has 10 heavy (non-hydrogen) atoms. The van der Waals surface area contributed by atoms with Gasteiger partial charge in [-0.3, -0.25) is 4.18 Å². The molecule has 6 heteroatoms. The van der Waals surface area contributed by atoms with Crippen molar-refractivity contribution in [1.82, 2.24) is 0 Å². The fourth-order valence-electron chi connectivity index (χ4n) is 0.219. The molecule has 0 aliphatic carbocycles. The molecule has 0 rings (SSSR count). The van der Waals surface area contributed by atoms with Gasteiger partial charge in [0.05, 0.1) is 15.7 Å². The molecule has 56 valence electrons. The van der Waals surface area contributed by atoms with E-state index in [9.17, 15) is 8.76 Å². The van der Waals surface area contributed by atoms with Crippen molar-refractivity contribution in [1.29, 1.82) is 0 Å². The third kappa shape index (κ3) is 12.0. The molecule has 3 nitrogen and oxygen atoms in total. The normalized spacial score (nSPS) is 16.0. The second kappa shape index (κ2) is 5.88. The SMILES string of the molecule is CC(C)COS(=O)([O-])=S.[Na+]. The third-order valence-electron chi connectivity index (χ3n) is 0.546. The fraction of sp³-hybridized carbons (Fsp3) is 1.00. The molecule has 0 saturated heterocycles. The van der Waals surface area contributed by atoms with Crippen LogP contribution in [0.15, 0.2) is 0 Å². The molecule has 1 unspecified atom stereocenters. The van der Waals surface area contributed by atoms with Crippen LogP contribution in [0.5, 0.6) is 0 Å². The summed E-state index contributed by atoms with van der Waals surface area (Å²) in [6.45, 7) is 3.87. The van der Waals surface area contributed by atoms with Crippen LogP contribution in [0.3, 0.4) is 0 Å². The molecule has 0 fully saturated rings. The Morgan fingerprint density at radius 1 is 1.70 bits per heavy atom. The van der Waals surface area contributed by atoms with Crippen LogP contribution in [-0.4, -0.2) is 15.4 Å². The van der Waals surface area contributed by atoms with Gasteiger partial charge in [-0.1, -0.05) is 13.8 Å². The molecule has 0 aromatic carbocycles. The molecule has 0 amide bonds. The van der Waals surface area contributed by atoms with Gasteiger partial charge in [0.1, 0.15) is 0 Å². The molecule has 1 atom stereocenters. The zero-order valence-electron chi connectivity index (χ0n) is 6.33. The monoisotopic (exact) mass is 192 g/mol. The van der Waals surface area contributed by atoms with Crippen LogP contribution in [0.1, 0.15) is 13.8 Å². The molecule has 0 bridgehead atoms. The Hall–Kier alpha value is 1.29. The molecule has 0 aliphatic heterocycles. The standard InChI is InChI=1S/C4H10O3S2.Na/c1-4(2)3-7-9(5,6)8;/h4H,3H2,1-2H3,(H,5,6,8);/q;+1/p-1. The summed E-state index contributed by atoms with van der Waals surface area (Å²) < 4.78 is 24.5. The van der Waals surface area contributed by atoms with Gasteiger partial charge in [0.2, 0.25) is 0 Å². The summed E-state index contributed by atoms with van der Waals surface area (Å²) in [6, 6.07) is 0. The number of rotatable bonds is 3. The van der Waals surface area contributed by atoms with Gasteiger partial charge in [-0.2, -0.15) is 0 Å². The first kappa shape index (κ1) is 13.9. The Morgan fingerprint density at radius 3 is 2.20 bits per heavy atom. The van der Waals surface area contributed by atoms with Crippen LogP contribution in [0.4, 0.5) is 0 Å². The van der Waals surface area contributed by atoms with E-state index in [1.807, 2.05) is 13.8 Å². The van der Waals surface area contributed by atoms with Gasteiger partial charge < -0.3 is 4.55 Å². The predicted molar refractivity (Wildman–Crippen MR) is 37.1 cm³/mol. The Labute approximate surface area is 88.5 Å². The first-order valence-electron chi connectivity index (χ1n) is 2.52. The van der Waals surface area contributed by atoms with E-state index in [1.54, 1.807) is 0 Å². The second-order valence-electron chi connectivity index (χ2n) is 2.09. The topological polar surface area (TPSA) is 49.4 Å². The molecule has 0 heterocycles. The Balaban J connectivity index is 0. The summed E-state index contributed by atoms with van der Waals surface area (Å²) in [5.74, 6) is 0.197. The molecule has 0 aliphatic rings. The predicted octanol–water partition coefficient (Wildman–Crippen LogP) is -2.55. The van der Waals surface area contributed by atoms with Crippen molar-refractivity contribution in [3.63, 3.8) is 0 Å². The van der Waals surface area contributed by atoms with Crippen molar-refractivity contribution >= 4 is 20.2 Å². The van der Waals surface area contributed by atoms with Crippen molar-refractivity contribution in [3.8, 4) is 0 Å². The summed E-state index contributed by atoms with van der Waals surface area (Å²) in [6.07, 6.45) is 0. The summed E-state index contributed by atoms with van der Waals surface area (Å²) in [7, 11) is -3.64. The van der Waals surface area contributed by atoms with Crippen molar-refractivity contribution in [2.75, 3.05) is 6.61 Å². The molecule has 0 saturated carbocycles. The Kier molecular flexibility index (Phi) is 8.14. The van der Waals surface area contributed by atoms with E-state index < -0.39 is 9.05 Å². The first-order chi connectivity index (χ1) is 3.92. The van der Waals surface area contributed by atoms with Crippen molar-refractivity contribution in [2.24, 2.45) is 5.92 Å². The van der Waals surface area contributed by atoms with E-state index in [0.29, 0.717) is 0 Å². The molecular weight excluding hydrogens is 183 g/mol. The van der Waals surface area contributed by atoms with E-state index in [4.69, 9.17) is 0 Å². The number of hydrogen-bond donors (Lipinski definition) is 0. The van der Waals surface area contributed by atoms with Gasteiger partial charge in [0.25, 0.3) is 0 Å². The summed E-state index contributed by atoms with van der Waals surface area (Å²) in [4.78, 5) is 0. The minimum atomic E-state index is -3.64. The van der Waals surface area contributed by atoms with E-state index >= 15 is 0 Å². The van der Waals surface area contributed by atoms with Crippen molar-refractivity contribution in [2.45, 2.75) is 13.8 Å². The third-order valence-corrected chi connectivity index (χ3v) is 1.26. The Bertz CT molecular complexity index is 163. The Morgan fingerprint density at radius 2 is 2.10 bits per heavy atom. The minimum Gasteiger partial charge on any atom is -0.748 e. The maximum Gasteiger partial charge on any atom is 1.00 e. The van der Waals surface area contributed by atoms with Gasteiger partial charge >= 0.3 is 29.6 Å². The largest absolute Gasteiger partial charge is 1.00 e. The zero-order chi connectivity index (χ0) is 7.49. The quantitative estimate of drug-likeness (QED) is 0.462. The second-order valence-corrected chi connectivity index (χ2v) is 4.36. The fourth-order valence-corrected chi connectivity index (χ4v) is 0.825. The van der Waals surface area contributed by atoms with E-state index in [-0.39, 0.29) is 42.1 Å². The van der Waals surface area contributed by atoms with Crippen LogP contribution < -0.4 is 29.6 Å². The minimum absolute atomic E-state index is 0. The molecule has 0 aromatic heterocycles. The van der Waals surface area contributed by atoms with E-state index in [2.05, 4.69) is 15.4 Å². The molecule has 0 spiro atoms. The molecule has 0 radical (unpaired) electrons. The molecule has 0 N–H and O–H groups in total. The zero-order valence-corrected chi connectivity index (χ0v) is 9.96. The maximum absolute atomic E-state index is 10.1. The van der Waals surface area contributed by atoms with Gasteiger partial charge in [0, 0.05) is 0 Å². The van der Waals surface area contributed by atoms with E-state index in [1.165, 1.54) is 0 Å². The van der Waals surface area contributed by atoms with Gasteiger partial charge in [-0.25, -0.2) is 4.21 Å². The molecule has 0 aromatic rings. The van der Waals surface area contributed by atoms with Crippen LogP contribution in [-0.2, 0) is 24.4 Å². The van der Waals surface area contributed by atoms with Gasteiger partial charge in [0.15, 0.2) is 0 Å². The first-order valence-corrected chi connectivity index (χ1v) is 4.85. The van der Waals surface area contributed by atoms with Gasteiger partial charge in [-0.15, -0.1) is 0 Å². The van der Waals surface area contributed by atoms with E-state index in [0.717, 1.165) is 0 Å². The van der Waals surface area contributed by atoms with Crippen molar-refractivity contribution in [3.05, 3.63) is 0 Å². The smallest absolute Gasteiger partial charge is 0.748 e. The average molecular weight is 192 g/mol. The summed E-state index contributed by atoms with van der Waals surface area (Å²) >= 11 is 3.95. The van der Waals surface area contributed by atoms with Crippen molar-refractivity contribution < 1.29 is 42.5 Å². The summed E-state index contributed by atoms with van der Waals surface area (Å²) in [5.41, 5.74) is 0. The van der Waals surface area contributed by atoms with Crippen LogP contribution in [0.2, 0.25) is 0 Å². The summed E-state index contributed by atoms with van der Waals surface area (Å²) in [5, 5.41) is 0. The van der Waals surface area contributed by atoms with Crippen LogP contribution >= 0.6 is 0 Å². The number of hydrogen-bond acceptors (Lipinski definition) is 4. The molecular formula is C4H9NaO3S2. The van der Waals surface area contributed by atoms with Crippen LogP contribution in [0.25, 0.3) is 0 Å².